The molecule has 0 saturated heterocycles. The summed E-state index contributed by atoms with van der Waals surface area (Å²) in [6, 6.07) is 4.34. The minimum absolute atomic E-state index is 0.146. The van der Waals surface area contributed by atoms with Crippen molar-refractivity contribution in [3.05, 3.63) is 29.6 Å². The first kappa shape index (κ1) is 12.6. The minimum Gasteiger partial charge on any atom is -0.481 e. The first-order valence-corrected chi connectivity index (χ1v) is 6.14. The molecule has 1 aromatic heterocycles. The van der Waals surface area contributed by atoms with E-state index in [4.69, 9.17) is 5.11 Å². The first-order chi connectivity index (χ1) is 8.49. The van der Waals surface area contributed by atoms with Gasteiger partial charge in [0.1, 0.15) is 0 Å². The number of imidazole rings is 1. The van der Waals surface area contributed by atoms with Gasteiger partial charge < -0.3 is 9.67 Å². The number of benzene rings is 1. The van der Waals surface area contributed by atoms with Crippen LogP contribution in [0.3, 0.4) is 0 Å². The molecular formula is C14H18N2O2. The molecule has 0 aliphatic carbocycles. The number of aromatic nitrogens is 2. The summed E-state index contributed by atoms with van der Waals surface area (Å²) in [5.41, 5.74) is 4.51. The molecule has 4 nitrogen and oxygen atoms in total. The second-order valence-corrected chi connectivity index (χ2v) is 4.86. The van der Waals surface area contributed by atoms with Crippen molar-refractivity contribution in [3.8, 4) is 0 Å². The molecule has 4 heteroatoms. The summed E-state index contributed by atoms with van der Waals surface area (Å²) in [5, 5.41) is 8.73. The summed E-state index contributed by atoms with van der Waals surface area (Å²) < 4.78 is 2.06. The van der Waals surface area contributed by atoms with Crippen molar-refractivity contribution in [3.63, 3.8) is 0 Å². The molecule has 18 heavy (non-hydrogen) atoms. The maximum absolute atomic E-state index is 10.6. The average molecular weight is 246 g/mol. The number of aryl methyl sites for hydroxylation is 2. The van der Waals surface area contributed by atoms with Gasteiger partial charge in [-0.1, -0.05) is 0 Å². The Morgan fingerprint density at radius 3 is 2.72 bits per heavy atom. The van der Waals surface area contributed by atoms with E-state index in [2.05, 4.69) is 35.5 Å². The van der Waals surface area contributed by atoms with Crippen molar-refractivity contribution in [2.45, 2.75) is 39.7 Å². The summed E-state index contributed by atoms with van der Waals surface area (Å²) in [6.07, 6.45) is 2.61. The molecule has 0 aliphatic heterocycles. The Hall–Kier alpha value is -1.84. The number of carboxylic acid groups (broad SMARTS) is 1. The number of rotatable bonds is 4. The van der Waals surface area contributed by atoms with Crippen LogP contribution in [-0.4, -0.2) is 20.6 Å². The van der Waals surface area contributed by atoms with E-state index in [9.17, 15) is 4.79 Å². The molecule has 1 unspecified atom stereocenters. The highest BCUT2D eigenvalue weighted by atomic mass is 16.4. The number of hydrogen-bond donors (Lipinski definition) is 1. The molecule has 0 saturated carbocycles. The molecule has 0 bridgehead atoms. The average Bonchev–Trinajstić information content (AvgIpc) is 2.69. The number of carbonyl (C=O) groups is 1. The standard InChI is InChI=1S/C14H18N2O2/c1-9-6-12-13(7-10(9)2)16(8-15-12)11(3)4-5-14(17)18/h6-8,11H,4-5H2,1-3H3,(H,17,18). The van der Waals surface area contributed by atoms with Crippen LogP contribution in [0.4, 0.5) is 0 Å². The Morgan fingerprint density at radius 2 is 2.06 bits per heavy atom. The molecule has 96 valence electrons. The van der Waals surface area contributed by atoms with Gasteiger partial charge in [0.05, 0.1) is 17.4 Å². The van der Waals surface area contributed by atoms with E-state index in [0.29, 0.717) is 6.42 Å². The normalized spacial score (nSPS) is 12.8. The largest absolute Gasteiger partial charge is 0.481 e. The fraction of sp³-hybridized carbons (Fsp3) is 0.429. The Kier molecular flexibility index (Phi) is 3.36. The summed E-state index contributed by atoms with van der Waals surface area (Å²) in [7, 11) is 0. The van der Waals surface area contributed by atoms with Gasteiger partial charge in [0.2, 0.25) is 0 Å². The number of nitrogens with zero attached hydrogens (tertiary/aromatic N) is 2. The van der Waals surface area contributed by atoms with Crippen molar-refractivity contribution in [2.24, 2.45) is 0 Å². The molecule has 0 aliphatic rings. The predicted molar refractivity (Wildman–Crippen MR) is 70.8 cm³/mol. The van der Waals surface area contributed by atoms with Crippen LogP contribution in [-0.2, 0) is 4.79 Å². The van der Waals surface area contributed by atoms with Crippen molar-refractivity contribution < 1.29 is 9.90 Å². The molecule has 2 aromatic rings. The third kappa shape index (κ3) is 2.37. The molecule has 1 N–H and O–H groups in total. The van der Waals surface area contributed by atoms with E-state index in [1.807, 2.05) is 6.92 Å². The van der Waals surface area contributed by atoms with Gasteiger partial charge in [-0.2, -0.15) is 0 Å². The second-order valence-electron chi connectivity index (χ2n) is 4.86. The molecular weight excluding hydrogens is 228 g/mol. The fourth-order valence-corrected chi connectivity index (χ4v) is 2.11. The lowest BCUT2D eigenvalue weighted by atomic mass is 10.1. The van der Waals surface area contributed by atoms with Crippen molar-refractivity contribution in [1.82, 2.24) is 9.55 Å². The number of fused-ring (bicyclic) bond motifs is 1. The smallest absolute Gasteiger partial charge is 0.303 e. The van der Waals surface area contributed by atoms with Crippen LogP contribution in [0.2, 0.25) is 0 Å². The molecule has 2 rings (SSSR count). The zero-order chi connectivity index (χ0) is 13.3. The molecule has 0 fully saturated rings. The summed E-state index contributed by atoms with van der Waals surface area (Å²) in [5.74, 6) is -0.752. The zero-order valence-corrected chi connectivity index (χ0v) is 11.0. The van der Waals surface area contributed by atoms with E-state index in [1.165, 1.54) is 11.1 Å². The number of aliphatic carboxylic acids is 1. The summed E-state index contributed by atoms with van der Waals surface area (Å²) in [6.45, 7) is 6.18. The Labute approximate surface area is 106 Å². The number of hydrogen-bond acceptors (Lipinski definition) is 2. The second kappa shape index (κ2) is 4.80. The molecule has 0 spiro atoms. The van der Waals surface area contributed by atoms with Crippen LogP contribution in [0.5, 0.6) is 0 Å². The van der Waals surface area contributed by atoms with Crippen molar-refractivity contribution in [1.29, 1.82) is 0 Å². The van der Waals surface area contributed by atoms with Gasteiger partial charge in [0, 0.05) is 12.5 Å². The Bertz CT molecular complexity index is 587. The molecule has 0 amide bonds. The van der Waals surface area contributed by atoms with Gasteiger partial charge in [-0.05, 0) is 50.5 Å². The summed E-state index contributed by atoms with van der Waals surface area (Å²) in [4.78, 5) is 15.0. The molecule has 0 radical (unpaired) electrons. The van der Waals surface area contributed by atoms with E-state index in [1.54, 1.807) is 6.33 Å². The van der Waals surface area contributed by atoms with Crippen molar-refractivity contribution >= 4 is 17.0 Å². The van der Waals surface area contributed by atoms with Crippen LogP contribution in [0.15, 0.2) is 18.5 Å². The van der Waals surface area contributed by atoms with Gasteiger partial charge in [-0.3, -0.25) is 4.79 Å². The van der Waals surface area contributed by atoms with Gasteiger partial charge in [-0.25, -0.2) is 4.98 Å². The molecule has 1 heterocycles. The maximum atomic E-state index is 10.6. The lowest BCUT2D eigenvalue weighted by molar-refractivity contribution is -0.137. The minimum atomic E-state index is -0.752. The van der Waals surface area contributed by atoms with Crippen LogP contribution >= 0.6 is 0 Å². The van der Waals surface area contributed by atoms with Crippen LogP contribution in [0, 0.1) is 13.8 Å². The lowest BCUT2D eigenvalue weighted by Crippen LogP contribution is -2.06. The van der Waals surface area contributed by atoms with Gasteiger partial charge >= 0.3 is 5.97 Å². The molecule has 1 aromatic carbocycles. The predicted octanol–water partition coefficient (Wildman–Crippen LogP) is 3.08. The van der Waals surface area contributed by atoms with Crippen LogP contribution in [0.25, 0.3) is 11.0 Å². The van der Waals surface area contributed by atoms with E-state index in [0.717, 1.165) is 11.0 Å². The van der Waals surface area contributed by atoms with Gasteiger partial charge in [-0.15, -0.1) is 0 Å². The van der Waals surface area contributed by atoms with Crippen molar-refractivity contribution in [2.75, 3.05) is 0 Å². The fourth-order valence-electron chi connectivity index (χ4n) is 2.11. The Morgan fingerprint density at radius 1 is 1.39 bits per heavy atom. The molecule has 1 atom stereocenters. The highest BCUT2D eigenvalue weighted by Gasteiger charge is 2.11. The highest BCUT2D eigenvalue weighted by molar-refractivity contribution is 5.77. The monoisotopic (exact) mass is 246 g/mol. The third-order valence-electron chi connectivity index (χ3n) is 3.44. The SMILES string of the molecule is Cc1cc2ncn(C(C)CCC(=O)O)c2cc1C. The van der Waals surface area contributed by atoms with Gasteiger partial charge in [0.15, 0.2) is 0 Å². The first-order valence-electron chi connectivity index (χ1n) is 6.14. The maximum Gasteiger partial charge on any atom is 0.303 e. The Balaban J connectivity index is 2.33. The van der Waals surface area contributed by atoms with E-state index >= 15 is 0 Å². The van der Waals surface area contributed by atoms with E-state index < -0.39 is 5.97 Å². The topological polar surface area (TPSA) is 55.1 Å². The quantitative estimate of drug-likeness (QED) is 0.902. The summed E-state index contributed by atoms with van der Waals surface area (Å²) >= 11 is 0. The number of carboxylic acids is 1. The highest BCUT2D eigenvalue weighted by Crippen LogP contribution is 2.23. The van der Waals surface area contributed by atoms with Gasteiger partial charge in [0.25, 0.3) is 0 Å². The van der Waals surface area contributed by atoms with Crippen LogP contribution in [0.1, 0.15) is 36.9 Å². The third-order valence-corrected chi connectivity index (χ3v) is 3.44. The lowest BCUT2D eigenvalue weighted by Gasteiger charge is -2.13. The zero-order valence-electron chi connectivity index (χ0n) is 11.0. The van der Waals surface area contributed by atoms with Crippen LogP contribution < -0.4 is 0 Å². The van der Waals surface area contributed by atoms with E-state index in [-0.39, 0.29) is 12.5 Å².